The maximum atomic E-state index is 13.3. The van der Waals surface area contributed by atoms with Gasteiger partial charge in [-0.2, -0.15) is 4.98 Å². The van der Waals surface area contributed by atoms with Crippen molar-refractivity contribution in [1.82, 2.24) is 4.98 Å². The first-order valence-corrected chi connectivity index (χ1v) is 11.7. The lowest BCUT2D eigenvalue weighted by atomic mass is 9.96. The number of sulfone groups is 1. The van der Waals surface area contributed by atoms with Crippen molar-refractivity contribution in [3.05, 3.63) is 58.6 Å². The lowest BCUT2D eigenvalue weighted by Crippen LogP contribution is -2.23. The lowest BCUT2D eigenvalue weighted by molar-refractivity contribution is 0.450. The summed E-state index contributed by atoms with van der Waals surface area (Å²) in [6.07, 6.45) is 5.35. The number of hydrogen-bond donors (Lipinski definition) is 1. The SMILES string of the molecule is O=S(=O)(c1ccc(Cl)cc1)c1nc(-c2ccc(Cl)cc2)oc1NC1CCCCC1. The van der Waals surface area contributed by atoms with E-state index < -0.39 is 9.84 Å². The normalized spacial score (nSPS) is 15.4. The highest BCUT2D eigenvalue weighted by Gasteiger charge is 2.30. The van der Waals surface area contributed by atoms with Crippen molar-refractivity contribution in [1.29, 1.82) is 0 Å². The number of hydrogen-bond acceptors (Lipinski definition) is 5. The van der Waals surface area contributed by atoms with Crippen molar-refractivity contribution >= 4 is 38.9 Å². The Morgan fingerprint density at radius 2 is 1.48 bits per heavy atom. The molecule has 152 valence electrons. The Morgan fingerprint density at radius 3 is 2.10 bits per heavy atom. The summed E-state index contributed by atoms with van der Waals surface area (Å²) in [7, 11) is -3.88. The number of halogens is 2. The van der Waals surface area contributed by atoms with Crippen LogP contribution in [0.4, 0.5) is 5.88 Å². The maximum Gasteiger partial charge on any atom is 0.234 e. The van der Waals surface area contributed by atoms with Gasteiger partial charge in [0.15, 0.2) is 0 Å². The van der Waals surface area contributed by atoms with E-state index in [0.717, 1.165) is 25.7 Å². The molecule has 0 saturated heterocycles. The van der Waals surface area contributed by atoms with Crippen molar-refractivity contribution in [3.63, 3.8) is 0 Å². The van der Waals surface area contributed by atoms with Gasteiger partial charge in [-0.25, -0.2) is 8.42 Å². The molecule has 0 aliphatic heterocycles. The quantitative estimate of drug-likeness (QED) is 0.498. The summed E-state index contributed by atoms with van der Waals surface area (Å²) < 4.78 is 32.5. The molecular formula is C21H20Cl2N2O3S. The summed E-state index contributed by atoms with van der Waals surface area (Å²) in [5, 5.41) is 4.21. The highest BCUT2D eigenvalue weighted by atomic mass is 35.5. The van der Waals surface area contributed by atoms with E-state index in [1.54, 1.807) is 36.4 Å². The minimum Gasteiger partial charge on any atom is -0.419 e. The van der Waals surface area contributed by atoms with Crippen molar-refractivity contribution in [2.24, 2.45) is 0 Å². The number of aromatic nitrogens is 1. The smallest absolute Gasteiger partial charge is 0.234 e. The van der Waals surface area contributed by atoms with Gasteiger partial charge in [0, 0.05) is 21.7 Å². The van der Waals surface area contributed by atoms with Crippen LogP contribution in [0.25, 0.3) is 11.5 Å². The van der Waals surface area contributed by atoms with Crippen LogP contribution in [-0.2, 0) is 9.84 Å². The molecule has 0 atom stereocenters. The molecule has 1 N–H and O–H groups in total. The fraction of sp³-hybridized carbons (Fsp3) is 0.286. The first-order valence-electron chi connectivity index (χ1n) is 9.47. The Balaban J connectivity index is 1.77. The molecule has 0 amide bonds. The Labute approximate surface area is 180 Å². The molecule has 1 aromatic heterocycles. The summed E-state index contributed by atoms with van der Waals surface area (Å²) in [6, 6.07) is 13.1. The largest absolute Gasteiger partial charge is 0.419 e. The van der Waals surface area contributed by atoms with Crippen LogP contribution in [0.2, 0.25) is 10.0 Å². The Kier molecular flexibility index (Phi) is 5.86. The van der Waals surface area contributed by atoms with E-state index in [2.05, 4.69) is 10.3 Å². The molecule has 1 saturated carbocycles. The van der Waals surface area contributed by atoms with Crippen LogP contribution >= 0.6 is 23.2 Å². The van der Waals surface area contributed by atoms with E-state index in [1.165, 1.54) is 18.6 Å². The molecule has 1 heterocycles. The number of nitrogens with zero attached hydrogens (tertiary/aromatic N) is 1. The van der Waals surface area contributed by atoms with Gasteiger partial charge in [-0.3, -0.25) is 0 Å². The zero-order valence-electron chi connectivity index (χ0n) is 15.6. The summed E-state index contributed by atoms with van der Waals surface area (Å²) in [5.74, 6) is 0.407. The standard InChI is InChI=1S/C21H20Cl2N2O3S/c22-15-8-6-14(7-9-15)19-25-21(20(28-19)24-17-4-2-1-3-5-17)29(26,27)18-12-10-16(23)11-13-18/h6-13,17,24H,1-5H2. The molecule has 2 aromatic carbocycles. The molecule has 1 aliphatic rings. The van der Waals surface area contributed by atoms with Gasteiger partial charge in [0.2, 0.25) is 26.6 Å². The predicted molar refractivity (Wildman–Crippen MR) is 114 cm³/mol. The first-order chi connectivity index (χ1) is 13.9. The fourth-order valence-electron chi connectivity index (χ4n) is 3.45. The van der Waals surface area contributed by atoms with Crippen LogP contribution in [0, 0.1) is 0 Å². The van der Waals surface area contributed by atoms with Crippen LogP contribution in [0.1, 0.15) is 32.1 Å². The Hall–Kier alpha value is -2.02. The Bertz CT molecular complexity index is 1090. The molecule has 5 nitrogen and oxygen atoms in total. The average molecular weight is 451 g/mol. The molecule has 8 heteroatoms. The predicted octanol–water partition coefficient (Wildman–Crippen LogP) is 6.23. The number of rotatable bonds is 5. The average Bonchev–Trinajstić information content (AvgIpc) is 3.14. The molecule has 0 bridgehead atoms. The fourth-order valence-corrected chi connectivity index (χ4v) is 4.97. The van der Waals surface area contributed by atoms with E-state index >= 15 is 0 Å². The van der Waals surface area contributed by atoms with E-state index in [-0.39, 0.29) is 27.7 Å². The highest BCUT2D eigenvalue weighted by molar-refractivity contribution is 7.91. The van der Waals surface area contributed by atoms with Gasteiger partial charge in [-0.1, -0.05) is 42.5 Å². The van der Waals surface area contributed by atoms with Gasteiger partial charge in [-0.15, -0.1) is 0 Å². The van der Waals surface area contributed by atoms with Gasteiger partial charge < -0.3 is 9.73 Å². The molecule has 29 heavy (non-hydrogen) atoms. The van der Waals surface area contributed by atoms with Gasteiger partial charge in [0.05, 0.1) is 4.90 Å². The minimum atomic E-state index is -3.88. The van der Waals surface area contributed by atoms with Crippen LogP contribution in [0.5, 0.6) is 0 Å². The number of oxazole rings is 1. The zero-order valence-corrected chi connectivity index (χ0v) is 17.9. The molecule has 0 radical (unpaired) electrons. The minimum absolute atomic E-state index is 0.115. The van der Waals surface area contributed by atoms with Gasteiger partial charge in [0.1, 0.15) is 0 Å². The van der Waals surface area contributed by atoms with Crippen molar-refractivity contribution in [2.75, 3.05) is 5.32 Å². The number of nitrogens with one attached hydrogen (secondary N) is 1. The molecule has 4 rings (SSSR count). The third-order valence-corrected chi connectivity index (χ3v) is 7.19. The topological polar surface area (TPSA) is 72.2 Å². The molecule has 1 fully saturated rings. The van der Waals surface area contributed by atoms with E-state index in [1.807, 2.05) is 0 Å². The van der Waals surface area contributed by atoms with E-state index in [4.69, 9.17) is 27.6 Å². The molecule has 1 aliphatic carbocycles. The molecular weight excluding hydrogens is 431 g/mol. The summed E-state index contributed by atoms with van der Waals surface area (Å²) in [5.41, 5.74) is 0.652. The van der Waals surface area contributed by atoms with Gasteiger partial charge in [0.25, 0.3) is 0 Å². The Morgan fingerprint density at radius 1 is 0.897 bits per heavy atom. The lowest BCUT2D eigenvalue weighted by Gasteiger charge is -2.22. The van der Waals surface area contributed by atoms with Crippen LogP contribution in [0.3, 0.4) is 0 Å². The second-order valence-electron chi connectivity index (χ2n) is 7.10. The highest BCUT2D eigenvalue weighted by Crippen LogP contribution is 2.34. The third-order valence-electron chi connectivity index (χ3n) is 5.01. The molecule has 0 unspecified atom stereocenters. The van der Waals surface area contributed by atoms with Gasteiger partial charge in [-0.05, 0) is 61.4 Å². The summed E-state index contributed by atoms with van der Waals surface area (Å²) in [6.45, 7) is 0. The third kappa shape index (κ3) is 4.44. The van der Waals surface area contributed by atoms with Crippen LogP contribution in [-0.4, -0.2) is 19.4 Å². The van der Waals surface area contributed by atoms with Crippen molar-refractivity contribution in [3.8, 4) is 11.5 Å². The molecule has 0 spiro atoms. The first kappa shape index (κ1) is 20.3. The molecule has 3 aromatic rings. The van der Waals surface area contributed by atoms with Gasteiger partial charge >= 0.3 is 0 Å². The van der Waals surface area contributed by atoms with Crippen LogP contribution in [0.15, 0.2) is 62.9 Å². The zero-order chi connectivity index (χ0) is 20.4. The number of anilines is 1. The van der Waals surface area contributed by atoms with Crippen LogP contribution < -0.4 is 5.32 Å². The monoisotopic (exact) mass is 450 g/mol. The second kappa shape index (κ2) is 8.38. The maximum absolute atomic E-state index is 13.3. The van der Waals surface area contributed by atoms with E-state index in [0.29, 0.717) is 15.6 Å². The summed E-state index contributed by atoms with van der Waals surface area (Å²) >= 11 is 11.9. The summed E-state index contributed by atoms with van der Waals surface area (Å²) in [4.78, 5) is 4.47. The van der Waals surface area contributed by atoms with E-state index in [9.17, 15) is 8.42 Å². The second-order valence-corrected chi connectivity index (χ2v) is 9.83. The van der Waals surface area contributed by atoms with Crippen molar-refractivity contribution < 1.29 is 12.8 Å². The number of benzene rings is 2. The van der Waals surface area contributed by atoms with Crippen molar-refractivity contribution in [2.45, 2.75) is 48.1 Å².